The van der Waals surface area contributed by atoms with Gasteiger partial charge in [-0.15, -0.1) is 0 Å². The van der Waals surface area contributed by atoms with E-state index < -0.39 is 0 Å². The highest BCUT2D eigenvalue weighted by Crippen LogP contribution is 2.23. The van der Waals surface area contributed by atoms with Crippen molar-refractivity contribution in [2.45, 2.75) is 33.1 Å². The van der Waals surface area contributed by atoms with Crippen LogP contribution in [0.2, 0.25) is 0 Å². The summed E-state index contributed by atoms with van der Waals surface area (Å²) in [7, 11) is 0. The molecule has 0 N–H and O–H groups in total. The normalized spacial score (nSPS) is 11.5. The van der Waals surface area contributed by atoms with Crippen LogP contribution in [0.15, 0.2) is 12.1 Å². The molecule has 1 heterocycles. The number of hydrogen-bond donors (Lipinski definition) is 0. The van der Waals surface area contributed by atoms with Gasteiger partial charge in [0.15, 0.2) is 5.78 Å². The van der Waals surface area contributed by atoms with Gasteiger partial charge >= 0.3 is 0 Å². The third-order valence-corrected chi connectivity index (χ3v) is 1.92. The van der Waals surface area contributed by atoms with Gasteiger partial charge in [-0.2, -0.15) is 0 Å². The number of pyridine rings is 1. The van der Waals surface area contributed by atoms with Crippen molar-refractivity contribution >= 4 is 5.78 Å². The highest BCUT2D eigenvalue weighted by molar-refractivity contribution is 5.92. The van der Waals surface area contributed by atoms with Gasteiger partial charge in [0, 0.05) is 12.3 Å². The predicted octanol–water partition coefficient (Wildman–Crippen LogP) is 2.72. The number of carbonyl (C=O) groups excluding carboxylic acids is 1. The van der Waals surface area contributed by atoms with E-state index in [1.165, 1.54) is 19.1 Å². The summed E-state index contributed by atoms with van der Waals surface area (Å²) in [6, 6.07) is 2.71. The summed E-state index contributed by atoms with van der Waals surface area (Å²) in [6.45, 7) is 7.01. The van der Waals surface area contributed by atoms with Crippen molar-refractivity contribution in [1.82, 2.24) is 4.98 Å². The molecular weight excluding hydrogens is 181 g/mol. The molecular formula is C11H14FNO. The number of ketones is 1. The van der Waals surface area contributed by atoms with Gasteiger partial charge in [0.25, 0.3) is 0 Å². The van der Waals surface area contributed by atoms with Crippen molar-refractivity contribution in [1.29, 1.82) is 0 Å². The lowest BCUT2D eigenvalue weighted by Crippen LogP contribution is -2.17. The summed E-state index contributed by atoms with van der Waals surface area (Å²) in [5.41, 5.74) is 0.275. The van der Waals surface area contributed by atoms with Crippen LogP contribution in [0.3, 0.4) is 0 Å². The lowest BCUT2D eigenvalue weighted by Gasteiger charge is -2.18. The van der Waals surface area contributed by atoms with Crippen LogP contribution in [-0.4, -0.2) is 10.8 Å². The monoisotopic (exact) mass is 195 g/mol. The fourth-order valence-corrected chi connectivity index (χ4v) is 1.16. The van der Waals surface area contributed by atoms with E-state index in [0.717, 1.165) is 0 Å². The highest BCUT2D eigenvalue weighted by Gasteiger charge is 2.21. The first-order valence-corrected chi connectivity index (χ1v) is 4.50. The van der Waals surface area contributed by atoms with E-state index in [9.17, 15) is 9.18 Å². The first-order valence-electron chi connectivity index (χ1n) is 4.50. The van der Waals surface area contributed by atoms with Crippen LogP contribution in [0.5, 0.6) is 0 Å². The van der Waals surface area contributed by atoms with Gasteiger partial charge in [0.05, 0.1) is 5.69 Å². The van der Waals surface area contributed by atoms with Gasteiger partial charge in [-0.25, -0.2) is 9.37 Å². The summed E-state index contributed by atoms with van der Waals surface area (Å²) in [6.07, 6.45) is 0. The molecule has 1 aromatic heterocycles. The topological polar surface area (TPSA) is 30.0 Å². The summed E-state index contributed by atoms with van der Waals surface area (Å²) >= 11 is 0. The number of rotatable bonds is 1. The molecule has 0 radical (unpaired) electrons. The Labute approximate surface area is 83.2 Å². The van der Waals surface area contributed by atoms with Crippen LogP contribution >= 0.6 is 0 Å². The minimum absolute atomic E-state index is 0.143. The summed E-state index contributed by atoms with van der Waals surface area (Å²) in [5.74, 6) is -0.502. The van der Waals surface area contributed by atoms with Crippen LogP contribution in [0.25, 0.3) is 0 Å². The Kier molecular flexibility index (Phi) is 2.69. The van der Waals surface area contributed by atoms with Crippen LogP contribution in [0.4, 0.5) is 4.39 Å². The minimum Gasteiger partial charge on any atom is -0.293 e. The quantitative estimate of drug-likeness (QED) is 0.645. The van der Waals surface area contributed by atoms with Gasteiger partial charge in [-0.05, 0) is 12.1 Å². The highest BCUT2D eigenvalue weighted by atomic mass is 19.1. The number of aromatic nitrogens is 1. The molecule has 0 aliphatic carbocycles. The molecule has 14 heavy (non-hydrogen) atoms. The maximum Gasteiger partial charge on any atom is 0.178 e. The van der Waals surface area contributed by atoms with E-state index in [4.69, 9.17) is 0 Å². The van der Waals surface area contributed by atoms with Gasteiger partial charge < -0.3 is 0 Å². The first kappa shape index (κ1) is 10.8. The lowest BCUT2D eigenvalue weighted by atomic mass is 9.91. The van der Waals surface area contributed by atoms with Crippen LogP contribution in [0.1, 0.15) is 43.9 Å². The van der Waals surface area contributed by atoms with E-state index in [1.54, 1.807) is 0 Å². The number of hydrogen-bond acceptors (Lipinski definition) is 2. The standard InChI is InChI=1S/C11H14FNO/c1-7(14)9-6-5-8(12)10(13-9)11(2,3)4/h5-6H,1-4H3. The molecule has 0 saturated heterocycles. The Morgan fingerprint density at radius 2 is 1.93 bits per heavy atom. The van der Waals surface area contributed by atoms with Crippen molar-refractivity contribution < 1.29 is 9.18 Å². The predicted molar refractivity (Wildman–Crippen MR) is 52.9 cm³/mol. The van der Waals surface area contributed by atoms with Crippen LogP contribution in [0, 0.1) is 5.82 Å². The van der Waals surface area contributed by atoms with Crippen LogP contribution in [-0.2, 0) is 5.41 Å². The van der Waals surface area contributed by atoms with E-state index in [1.807, 2.05) is 20.8 Å². The molecule has 0 amide bonds. The van der Waals surface area contributed by atoms with Crippen molar-refractivity contribution in [3.05, 3.63) is 29.3 Å². The maximum atomic E-state index is 13.4. The second kappa shape index (κ2) is 3.48. The molecule has 3 heteroatoms. The van der Waals surface area contributed by atoms with Crippen LogP contribution < -0.4 is 0 Å². The minimum atomic E-state index is -0.379. The number of nitrogens with zero attached hydrogens (tertiary/aromatic N) is 1. The van der Waals surface area contributed by atoms with Crippen molar-refractivity contribution in [2.75, 3.05) is 0 Å². The lowest BCUT2D eigenvalue weighted by molar-refractivity contribution is 0.101. The molecule has 2 nitrogen and oxygen atoms in total. The van der Waals surface area contributed by atoms with Crippen molar-refractivity contribution in [3.8, 4) is 0 Å². The third-order valence-electron chi connectivity index (χ3n) is 1.92. The Morgan fingerprint density at radius 3 is 2.36 bits per heavy atom. The zero-order chi connectivity index (χ0) is 10.9. The van der Waals surface area contributed by atoms with E-state index in [2.05, 4.69) is 4.98 Å². The fraction of sp³-hybridized carbons (Fsp3) is 0.455. The average Bonchev–Trinajstić information content (AvgIpc) is 2.02. The van der Waals surface area contributed by atoms with Gasteiger partial charge in [0.1, 0.15) is 11.5 Å². The zero-order valence-corrected chi connectivity index (χ0v) is 8.89. The average molecular weight is 195 g/mol. The molecule has 1 rings (SSSR count). The Bertz CT molecular complexity index is 366. The molecule has 0 aliphatic rings. The molecule has 0 fully saturated rings. The SMILES string of the molecule is CC(=O)c1ccc(F)c(C(C)(C)C)n1. The number of halogens is 1. The number of carbonyl (C=O) groups is 1. The molecule has 0 unspecified atom stereocenters. The molecule has 76 valence electrons. The second-order valence-electron chi connectivity index (χ2n) is 4.33. The molecule has 0 aliphatic heterocycles. The van der Waals surface area contributed by atoms with Gasteiger partial charge in [-0.3, -0.25) is 4.79 Å². The molecule has 0 spiro atoms. The largest absolute Gasteiger partial charge is 0.293 e. The van der Waals surface area contributed by atoms with Gasteiger partial charge in [0.2, 0.25) is 0 Å². The first-order chi connectivity index (χ1) is 6.32. The summed E-state index contributed by atoms with van der Waals surface area (Å²) < 4.78 is 13.4. The van der Waals surface area contributed by atoms with Crippen molar-refractivity contribution in [2.24, 2.45) is 0 Å². The third kappa shape index (κ3) is 2.16. The smallest absolute Gasteiger partial charge is 0.178 e. The van der Waals surface area contributed by atoms with E-state index in [-0.39, 0.29) is 17.0 Å². The molecule has 1 aromatic rings. The molecule has 0 aromatic carbocycles. The van der Waals surface area contributed by atoms with E-state index >= 15 is 0 Å². The van der Waals surface area contributed by atoms with Gasteiger partial charge in [-0.1, -0.05) is 20.8 Å². The molecule has 0 atom stereocenters. The van der Waals surface area contributed by atoms with Crippen molar-refractivity contribution in [3.63, 3.8) is 0 Å². The fourth-order valence-electron chi connectivity index (χ4n) is 1.16. The summed E-state index contributed by atoms with van der Waals surface area (Å²) in [5, 5.41) is 0. The Morgan fingerprint density at radius 1 is 1.36 bits per heavy atom. The maximum absolute atomic E-state index is 13.4. The number of Topliss-reactive ketones (excluding diaryl/α,β-unsaturated/α-hetero) is 1. The summed E-state index contributed by atoms with van der Waals surface area (Å²) in [4.78, 5) is 15.1. The second-order valence-corrected chi connectivity index (χ2v) is 4.33. The molecule has 0 bridgehead atoms. The Hall–Kier alpha value is -1.25. The zero-order valence-electron chi connectivity index (χ0n) is 8.89. The molecule has 0 saturated carbocycles. The van der Waals surface area contributed by atoms with E-state index in [0.29, 0.717) is 11.4 Å². The Balaban J connectivity index is 3.29.